The van der Waals surface area contributed by atoms with E-state index >= 15 is 0 Å². The third-order valence-corrected chi connectivity index (χ3v) is 2.70. The molecule has 0 spiro atoms. The van der Waals surface area contributed by atoms with Crippen molar-refractivity contribution in [2.45, 2.75) is 34.6 Å². The van der Waals surface area contributed by atoms with Gasteiger partial charge in [0.2, 0.25) is 0 Å². The van der Waals surface area contributed by atoms with Crippen molar-refractivity contribution in [1.29, 1.82) is 0 Å². The van der Waals surface area contributed by atoms with Crippen LogP contribution in [0.15, 0.2) is 48.5 Å². The van der Waals surface area contributed by atoms with Gasteiger partial charge in [-0.05, 0) is 38.8 Å². The number of aryl methyl sites for hydroxylation is 3. The molecule has 0 saturated carbocycles. The van der Waals surface area contributed by atoms with Crippen molar-refractivity contribution in [1.82, 2.24) is 0 Å². The van der Waals surface area contributed by atoms with Crippen LogP contribution in [0.3, 0.4) is 0 Å². The molecule has 0 N–H and O–H groups in total. The topological polar surface area (TPSA) is 9.23 Å². The molecule has 0 atom stereocenters. The van der Waals surface area contributed by atoms with E-state index in [0.717, 1.165) is 13.2 Å². The fourth-order valence-electron chi connectivity index (χ4n) is 1.35. The van der Waals surface area contributed by atoms with Gasteiger partial charge in [-0.1, -0.05) is 31.2 Å². The summed E-state index contributed by atoms with van der Waals surface area (Å²) in [4.78, 5) is 0. The van der Waals surface area contributed by atoms with Crippen molar-refractivity contribution >= 4 is 0 Å². The standard InChI is InChI=1S/C8H10.C7H7.C4H10O.Li/c1-7-5-3-4-6-8(7)2;1-7-5-3-2-4-6-7;1-3-5-4-2;/h3-6H,1-2H3;2-5H,1H3;3-4H2,1-2H3;/q;-1;;+1. The molecule has 0 radical (unpaired) electrons. The second-order valence-corrected chi connectivity index (χ2v) is 4.41. The number of hydrogen-bond donors (Lipinski definition) is 0. The molecule has 0 bridgehead atoms. The van der Waals surface area contributed by atoms with Gasteiger partial charge in [-0.15, -0.1) is 0 Å². The Labute approximate surface area is 142 Å². The molecule has 0 aliphatic rings. The summed E-state index contributed by atoms with van der Waals surface area (Å²) < 4.78 is 4.83. The van der Waals surface area contributed by atoms with Crippen LogP contribution in [-0.4, -0.2) is 13.2 Å². The van der Waals surface area contributed by atoms with Crippen LogP contribution in [0.25, 0.3) is 0 Å². The predicted octanol–water partition coefficient (Wildman–Crippen LogP) is 2.15. The van der Waals surface area contributed by atoms with E-state index in [1.165, 1.54) is 16.7 Å². The van der Waals surface area contributed by atoms with Crippen LogP contribution in [0.5, 0.6) is 0 Å². The fraction of sp³-hybridized carbons (Fsp3) is 0.368. The molecule has 2 rings (SSSR count). The van der Waals surface area contributed by atoms with Gasteiger partial charge in [0.1, 0.15) is 0 Å². The van der Waals surface area contributed by atoms with Gasteiger partial charge in [0.15, 0.2) is 0 Å². The van der Waals surface area contributed by atoms with Crippen molar-refractivity contribution < 1.29 is 23.6 Å². The van der Waals surface area contributed by atoms with Crippen LogP contribution in [0, 0.1) is 26.8 Å². The molecule has 0 aliphatic heterocycles. The van der Waals surface area contributed by atoms with Gasteiger partial charge >= 0.3 is 18.9 Å². The molecule has 0 fully saturated rings. The molecular formula is C19H27LiO. The molecular weight excluding hydrogens is 251 g/mol. The Hall–Kier alpha value is -1.00. The van der Waals surface area contributed by atoms with Crippen LogP contribution in [-0.2, 0) is 4.74 Å². The van der Waals surface area contributed by atoms with E-state index in [1.54, 1.807) is 0 Å². The Morgan fingerprint density at radius 3 is 1.48 bits per heavy atom. The maximum absolute atomic E-state index is 4.83. The third kappa shape index (κ3) is 13.7. The Morgan fingerprint density at radius 2 is 1.29 bits per heavy atom. The molecule has 0 amide bonds. The van der Waals surface area contributed by atoms with Crippen molar-refractivity contribution in [3.8, 4) is 0 Å². The first kappa shape index (κ1) is 22.3. The summed E-state index contributed by atoms with van der Waals surface area (Å²) >= 11 is 0. The zero-order chi connectivity index (χ0) is 15.2. The second-order valence-electron chi connectivity index (χ2n) is 4.41. The minimum absolute atomic E-state index is 0. The summed E-state index contributed by atoms with van der Waals surface area (Å²) in [5.41, 5.74) is 3.93. The minimum atomic E-state index is 0. The zero-order valence-corrected chi connectivity index (χ0v) is 14.4. The first-order valence-electron chi connectivity index (χ1n) is 7.15. The summed E-state index contributed by atoms with van der Waals surface area (Å²) in [7, 11) is 0. The second kappa shape index (κ2) is 15.4. The number of hydrogen-bond acceptors (Lipinski definition) is 1. The van der Waals surface area contributed by atoms with E-state index in [1.807, 2.05) is 45.0 Å². The van der Waals surface area contributed by atoms with Gasteiger partial charge in [-0.2, -0.15) is 35.9 Å². The average molecular weight is 278 g/mol. The van der Waals surface area contributed by atoms with E-state index in [4.69, 9.17) is 4.74 Å². The van der Waals surface area contributed by atoms with Gasteiger partial charge in [0.05, 0.1) is 0 Å². The first-order valence-corrected chi connectivity index (χ1v) is 7.15. The van der Waals surface area contributed by atoms with Gasteiger partial charge < -0.3 is 4.74 Å². The normalized spacial score (nSPS) is 8.43. The molecule has 110 valence electrons. The zero-order valence-electron chi connectivity index (χ0n) is 14.4. The van der Waals surface area contributed by atoms with E-state index in [2.05, 4.69) is 44.2 Å². The van der Waals surface area contributed by atoms with Crippen LogP contribution < -0.4 is 18.9 Å². The van der Waals surface area contributed by atoms with Crippen molar-refractivity contribution in [2.75, 3.05) is 13.2 Å². The van der Waals surface area contributed by atoms with Gasteiger partial charge in [-0.3, -0.25) is 0 Å². The molecule has 2 aromatic rings. The Balaban J connectivity index is 0. The van der Waals surface area contributed by atoms with Crippen LogP contribution in [0.4, 0.5) is 0 Å². The van der Waals surface area contributed by atoms with Crippen molar-refractivity contribution in [3.05, 3.63) is 71.3 Å². The molecule has 2 heteroatoms. The summed E-state index contributed by atoms with van der Waals surface area (Å²) in [5.74, 6) is 0. The molecule has 0 heterocycles. The summed E-state index contributed by atoms with van der Waals surface area (Å²) in [5, 5.41) is 0. The molecule has 0 unspecified atom stereocenters. The Bertz CT molecular complexity index is 417. The molecule has 0 aliphatic carbocycles. The average Bonchev–Trinajstić information content (AvgIpc) is 2.45. The molecule has 1 nitrogen and oxygen atoms in total. The fourth-order valence-corrected chi connectivity index (χ4v) is 1.35. The third-order valence-electron chi connectivity index (χ3n) is 2.70. The van der Waals surface area contributed by atoms with Gasteiger partial charge in [0.25, 0.3) is 0 Å². The Kier molecular flexibility index (Phi) is 16.3. The van der Waals surface area contributed by atoms with E-state index in [9.17, 15) is 0 Å². The van der Waals surface area contributed by atoms with E-state index < -0.39 is 0 Å². The predicted molar refractivity (Wildman–Crippen MR) is 88.1 cm³/mol. The molecule has 2 aromatic carbocycles. The summed E-state index contributed by atoms with van der Waals surface area (Å²) in [6.07, 6.45) is 0. The minimum Gasteiger partial charge on any atom is -0.382 e. The van der Waals surface area contributed by atoms with E-state index in [0.29, 0.717) is 0 Å². The molecule has 0 aromatic heterocycles. The summed E-state index contributed by atoms with van der Waals surface area (Å²) in [6.45, 7) is 11.9. The Morgan fingerprint density at radius 1 is 0.810 bits per heavy atom. The number of ether oxygens (including phenoxy) is 1. The van der Waals surface area contributed by atoms with Crippen LogP contribution >= 0.6 is 0 Å². The quantitative estimate of drug-likeness (QED) is 0.604. The number of benzene rings is 2. The van der Waals surface area contributed by atoms with Crippen molar-refractivity contribution in [3.63, 3.8) is 0 Å². The number of rotatable bonds is 2. The van der Waals surface area contributed by atoms with Gasteiger partial charge in [-0.25, -0.2) is 0 Å². The SMILES string of the molecule is CCOCC.Cc1[c-]cccc1.Cc1ccccc1C.[Li+]. The monoisotopic (exact) mass is 278 g/mol. The van der Waals surface area contributed by atoms with E-state index in [-0.39, 0.29) is 18.9 Å². The molecule has 0 saturated heterocycles. The first-order chi connectivity index (χ1) is 9.61. The van der Waals surface area contributed by atoms with Gasteiger partial charge in [0, 0.05) is 13.2 Å². The van der Waals surface area contributed by atoms with Crippen LogP contribution in [0.2, 0.25) is 0 Å². The smallest absolute Gasteiger partial charge is 0.382 e. The molecule has 21 heavy (non-hydrogen) atoms. The summed E-state index contributed by atoms with van der Waals surface area (Å²) in [6, 6.07) is 19.3. The maximum Gasteiger partial charge on any atom is 1.00 e. The largest absolute Gasteiger partial charge is 1.00 e. The van der Waals surface area contributed by atoms with Crippen LogP contribution in [0.1, 0.15) is 30.5 Å². The van der Waals surface area contributed by atoms with Crippen molar-refractivity contribution in [2.24, 2.45) is 0 Å². The maximum atomic E-state index is 4.83.